The number of carbonyl (C=O) groups excluding carboxylic acids is 2. The van der Waals surface area contributed by atoms with E-state index in [4.69, 9.17) is 0 Å². The first-order chi connectivity index (χ1) is 16.8. The van der Waals surface area contributed by atoms with Gasteiger partial charge in [0.05, 0.1) is 30.2 Å². The van der Waals surface area contributed by atoms with Gasteiger partial charge >= 0.3 is 6.03 Å². The van der Waals surface area contributed by atoms with Crippen molar-refractivity contribution < 1.29 is 9.59 Å². The Morgan fingerprint density at radius 2 is 1.60 bits per heavy atom. The van der Waals surface area contributed by atoms with Gasteiger partial charge in [0.2, 0.25) is 11.9 Å². The van der Waals surface area contributed by atoms with Gasteiger partial charge in [0.15, 0.2) is 0 Å². The lowest BCUT2D eigenvalue weighted by Gasteiger charge is -2.48. The third-order valence-corrected chi connectivity index (χ3v) is 8.22. The zero-order chi connectivity index (χ0) is 24.6. The molecule has 2 aliphatic heterocycles. The predicted molar refractivity (Wildman–Crippen MR) is 135 cm³/mol. The first-order valence-electron chi connectivity index (χ1n) is 12.5. The van der Waals surface area contributed by atoms with Gasteiger partial charge < -0.3 is 15.1 Å². The van der Waals surface area contributed by atoms with Crippen LogP contribution in [0.4, 0.5) is 16.4 Å². The van der Waals surface area contributed by atoms with Crippen LogP contribution in [0.25, 0.3) is 0 Å². The maximum Gasteiger partial charge on any atom is 0.322 e. The Bertz CT molecular complexity index is 1060. The van der Waals surface area contributed by atoms with Gasteiger partial charge in [-0.15, -0.1) is 0 Å². The van der Waals surface area contributed by atoms with Crippen LogP contribution in [0.1, 0.15) is 38.2 Å². The van der Waals surface area contributed by atoms with Crippen molar-refractivity contribution in [1.82, 2.24) is 25.1 Å². The number of urea groups is 1. The summed E-state index contributed by atoms with van der Waals surface area (Å²) in [5.74, 6) is 0.742. The molecule has 1 N–H and O–H groups in total. The molecule has 1 aromatic carbocycles. The van der Waals surface area contributed by atoms with Gasteiger partial charge in [0.25, 0.3) is 0 Å². The summed E-state index contributed by atoms with van der Waals surface area (Å²) in [6.45, 7) is 5.00. The lowest BCUT2D eigenvalue weighted by molar-refractivity contribution is -0.129. The molecule has 1 saturated carbocycles. The second-order valence-electron chi connectivity index (χ2n) is 10.3. The Morgan fingerprint density at radius 1 is 0.971 bits per heavy atom. The molecule has 3 heterocycles. The van der Waals surface area contributed by atoms with Crippen LogP contribution in [-0.2, 0) is 10.3 Å². The molecule has 9 nitrogen and oxygen atoms in total. The number of anilines is 2. The van der Waals surface area contributed by atoms with Crippen molar-refractivity contribution in [2.75, 3.05) is 56.6 Å². The highest BCUT2D eigenvalue weighted by molar-refractivity contribution is 5.95. The van der Waals surface area contributed by atoms with Crippen molar-refractivity contribution in [3.8, 4) is 0 Å². The summed E-state index contributed by atoms with van der Waals surface area (Å²) >= 11 is 0. The number of amides is 3. The number of piperazine rings is 1. The molecule has 3 amide bonds. The lowest BCUT2D eigenvalue weighted by Crippen LogP contribution is -2.54. The summed E-state index contributed by atoms with van der Waals surface area (Å²) in [5.41, 5.74) is 1.82. The zero-order valence-electron chi connectivity index (χ0n) is 20.9. The van der Waals surface area contributed by atoms with E-state index < -0.39 is 0 Å². The molecule has 0 bridgehead atoms. The maximum absolute atomic E-state index is 13.0. The number of carbonyl (C=O) groups is 2. The molecule has 0 atom stereocenters. The highest BCUT2D eigenvalue weighted by atomic mass is 16.2. The van der Waals surface area contributed by atoms with Crippen molar-refractivity contribution in [2.45, 2.75) is 43.7 Å². The van der Waals surface area contributed by atoms with E-state index in [0.717, 1.165) is 31.4 Å². The SMILES string of the molecule is CC(=O)N1CCN(c2ncc(N3C[C@]4(CC[C@](c5ccccc5)(N(C)C)CC4)NC3=O)cn2)CC1. The Kier molecular flexibility index (Phi) is 6.13. The predicted octanol–water partition coefficient (Wildman–Crippen LogP) is 2.44. The molecule has 186 valence electrons. The van der Waals surface area contributed by atoms with E-state index in [1.54, 1.807) is 24.2 Å². The van der Waals surface area contributed by atoms with E-state index in [9.17, 15) is 9.59 Å². The van der Waals surface area contributed by atoms with Crippen LogP contribution in [0, 0.1) is 0 Å². The molecule has 2 saturated heterocycles. The molecule has 3 fully saturated rings. The van der Waals surface area contributed by atoms with Crippen LogP contribution in [-0.4, -0.2) is 84.1 Å². The van der Waals surface area contributed by atoms with Crippen LogP contribution in [0.15, 0.2) is 42.7 Å². The van der Waals surface area contributed by atoms with E-state index >= 15 is 0 Å². The lowest BCUT2D eigenvalue weighted by atomic mass is 9.69. The standard InChI is InChI=1S/C26H35N7O2/c1-20(34)31-13-15-32(16-14-31)23-27-17-22(18-28-23)33-19-25(29-24(33)35)9-11-26(12-10-25,30(2)3)21-7-5-4-6-8-21/h4-8,17-18H,9-16,19H2,1-3H3,(H,29,35)/t25-,26+. The zero-order valence-corrected chi connectivity index (χ0v) is 20.9. The fourth-order valence-electron chi connectivity index (χ4n) is 5.92. The van der Waals surface area contributed by atoms with Gasteiger partial charge in [-0.2, -0.15) is 0 Å². The van der Waals surface area contributed by atoms with Crippen molar-refractivity contribution in [3.05, 3.63) is 48.3 Å². The molecule has 1 aliphatic carbocycles. The molecule has 0 radical (unpaired) electrons. The molecule has 1 aromatic heterocycles. The van der Waals surface area contributed by atoms with Crippen molar-refractivity contribution in [1.29, 1.82) is 0 Å². The number of benzene rings is 1. The molecule has 9 heteroatoms. The molecule has 35 heavy (non-hydrogen) atoms. The summed E-state index contributed by atoms with van der Waals surface area (Å²) in [6, 6.07) is 10.6. The Balaban J connectivity index is 1.25. The third-order valence-electron chi connectivity index (χ3n) is 8.22. The minimum absolute atomic E-state index is 0.0121. The minimum atomic E-state index is -0.229. The van der Waals surface area contributed by atoms with E-state index in [1.165, 1.54) is 5.56 Å². The van der Waals surface area contributed by atoms with Crippen LogP contribution >= 0.6 is 0 Å². The van der Waals surface area contributed by atoms with Crippen LogP contribution in [0.2, 0.25) is 0 Å². The number of hydrogen-bond donors (Lipinski definition) is 1. The highest BCUT2D eigenvalue weighted by Crippen LogP contribution is 2.46. The van der Waals surface area contributed by atoms with E-state index in [-0.39, 0.29) is 23.0 Å². The number of nitrogens with one attached hydrogen (secondary N) is 1. The molecule has 0 unspecified atom stereocenters. The van der Waals surface area contributed by atoms with E-state index in [2.05, 4.69) is 69.5 Å². The van der Waals surface area contributed by atoms with Crippen LogP contribution in [0.5, 0.6) is 0 Å². The van der Waals surface area contributed by atoms with Gasteiger partial charge in [-0.25, -0.2) is 14.8 Å². The number of nitrogens with zero attached hydrogens (tertiary/aromatic N) is 6. The van der Waals surface area contributed by atoms with E-state index in [1.807, 2.05) is 4.90 Å². The second kappa shape index (κ2) is 9.11. The largest absolute Gasteiger partial charge is 0.339 e. The van der Waals surface area contributed by atoms with Crippen molar-refractivity contribution in [2.24, 2.45) is 0 Å². The quantitative estimate of drug-likeness (QED) is 0.728. The average molecular weight is 478 g/mol. The molecular weight excluding hydrogens is 442 g/mol. The van der Waals surface area contributed by atoms with Gasteiger partial charge in [0.1, 0.15) is 0 Å². The summed E-state index contributed by atoms with van der Waals surface area (Å²) in [6.07, 6.45) is 7.30. The van der Waals surface area contributed by atoms with E-state index in [0.29, 0.717) is 38.7 Å². The Morgan fingerprint density at radius 3 is 2.17 bits per heavy atom. The van der Waals surface area contributed by atoms with Crippen molar-refractivity contribution >= 4 is 23.6 Å². The summed E-state index contributed by atoms with van der Waals surface area (Å²) in [5, 5.41) is 3.30. The number of aromatic nitrogens is 2. The fourth-order valence-corrected chi connectivity index (χ4v) is 5.92. The minimum Gasteiger partial charge on any atom is -0.339 e. The average Bonchev–Trinajstić information content (AvgIpc) is 3.20. The molecular formula is C26H35N7O2. The van der Waals surface area contributed by atoms with Crippen LogP contribution in [0.3, 0.4) is 0 Å². The smallest absolute Gasteiger partial charge is 0.322 e. The molecule has 1 spiro atoms. The topological polar surface area (TPSA) is 84.9 Å². The summed E-state index contributed by atoms with van der Waals surface area (Å²) in [4.78, 5) is 41.7. The summed E-state index contributed by atoms with van der Waals surface area (Å²) < 4.78 is 0. The Labute approximate surface area is 207 Å². The third kappa shape index (κ3) is 4.33. The highest BCUT2D eigenvalue weighted by Gasteiger charge is 2.50. The molecule has 5 rings (SSSR count). The first-order valence-corrected chi connectivity index (χ1v) is 12.5. The normalized spacial score (nSPS) is 27.0. The van der Waals surface area contributed by atoms with Crippen LogP contribution < -0.4 is 15.1 Å². The second-order valence-corrected chi connectivity index (χ2v) is 10.3. The Hall–Kier alpha value is -3.20. The van der Waals surface area contributed by atoms with Gasteiger partial charge in [-0.05, 0) is 45.3 Å². The first kappa shape index (κ1) is 23.5. The maximum atomic E-state index is 13.0. The molecule has 2 aromatic rings. The monoisotopic (exact) mass is 477 g/mol. The number of hydrogen-bond acceptors (Lipinski definition) is 6. The van der Waals surface area contributed by atoms with Gasteiger partial charge in [0, 0.05) is 38.6 Å². The van der Waals surface area contributed by atoms with Crippen molar-refractivity contribution in [3.63, 3.8) is 0 Å². The molecule has 3 aliphatic rings. The van der Waals surface area contributed by atoms with Gasteiger partial charge in [-0.3, -0.25) is 14.6 Å². The number of rotatable bonds is 4. The van der Waals surface area contributed by atoms with Gasteiger partial charge in [-0.1, -0.05) is 30.3 Å². The summed E-state index contributed by atoms with van der Waals surface area (Å²) in [7, 11) is 4.31. The fraction of sp³-hybridized carbons (Fsp3) is 0.538.